The molecule has 0 aromatic heterocycles. The largest absolute Gasteiger partial charge is 0.507 e. The molecule has 1 aromatic carbocycles. The van der Waals surface area contributed by atoms with Crippen molar-refractivity contribution in [2.45, 2.75) is 57.0 Å². The zero-order chi connectivity index (χ0) is 18.1. The smallest absolute Gasteiger partial charge is 0.342 e. The number of carbonyl (C=O) groups is 1. The van der Waals surface area contributed by atoms with Crippen molar-refractivity contribution in [2.75, 3.05) is 0 Å². The van der Waals surface area contributed by atoms with Gasteiger partial charge in [-0.15, -0.1) is 0 Å². The average Bonchev–Trinajstić information content (AvgIpc) is 3.25. The van der Waals surface area contributed by atoms with E-state index in [1.165, 1.54) is 0 Å². The van der Waals surface area contributed by atoms with Crippen LogP contribution in [-0.2, 0) is 15.9 Å². The predicted molar refractivity (Wildman–Crippen MR) is 91.0 cm³/mol. The Hall–Kier alpha value is -1.76. The molecule has 0 radical (unpaired) electrons. The van der Waals surface area contributed by atoms with E-state index in [1.54, 1.807) is 13.0 Å². The summed E-state index contributed by atoms with van der Waals surface area (Å²) >= 11 is 6.11. The molecule has 0 amide bonds. The first-order valence-electron chi connectivity index (χ1n) is 8.31. The number of carbonyl (C=O) groups excluding carboxylic acids is 1. The second-order valence-corrected chi connectivity index (χ2v) is 6.90. The van der Waals surface area contributed by atoms with E-state index >= 15 is 0 Å². The molecule has 3 rings (SSSR count). The molecule has 2 aliphatic rings. The molecule has 2 heterocycles. The van der Waals surface area contributed by atoms with Crippen molar-refractivity contribution in [1.29, 1.82) is 0 Å². The molecule has 0 bridgehead atoms. The minimum absolute atomic E-state index is 0.0291. The summed E-state index contributed by atoms with van der Waals surface area (Å²) in [7, 11) is 0. The number of aliphatic hydroxyl groups excluding tert-OH is 1. The number of fused-ring (bicyclic) bond motifs is 2. The van der Waals surface area contributed by atoms with Gasteiger partial charge in [-0.3, -0.25) is 0 Å². The first kappa shape index (κ1) is 18.0. The minimum Gasteiger partial charge on any atom is -0.507 e. The molecule has 25 heavy (non-hydrogen) atoms. The van der Waals surface area contributed by atoms with Crippen LogP contribution in [0.4, 0.5) is 0 Å². The molecule has 0 aliphatic carbocycles. The van der Waals surface area contributed by atoms with Gasteiger partial charge in [0.15, 0.2) is 0 Å². The highest BCUT2D eigenvalue weighted by Crippen LogP contribution is 2.38. The summed E-state index contributed by atoms with van der Waals surface area (Å²) in [5, 5.41) is 30.1. The summed E-state index contributed by atoms with van der Waals surface area (Å²) in [5.41, 5.74) is 0.0264. The van der Waals surface area contributed by atoms with Crippen LogP contribution >= 0.6 is 11.6 Å². The predicted octanol–water partition coefficient (Wildman–Crippen LogP) is 2.71. The molecule has 0 unspecified atom stereocenters. The molecule has 4 atom stereocenters. The van der Waals surface area contributed by atoms with Crippen LogP contribution in [0.25, 0.3) is 0 Å². The Morgan fingerprint density at radius 2 is 2.00 bits per heavy atom. The number of aliphatic hydroxyl groups is 1. The van der Waals surface area contributed by atoms with E-state index in [0.29, 0.717) is 6.42 Å². The van der Waals surface area contributed by atoms with E-state index in [-0.39, 0.29) is 40.5 Å². The number of hydrogen-bond donors (Lipinski definition) is 3. The van der Waals surface area contributed by atoms with Crippen LogP contribution in [-0.4, -0.2) is 45.7 Å². The zero-order valence-electron chi connectivity index (χ0n) is 13.8. The van der Waals surface area contributed by atoms with Crippen molar-refractivity contribution >= 4 is 17.6 Å². The molecule has 136 valence electrons. The van der Waals surface area contributed by atoms with Crippen LogP contribution in [0.15, 0.2) is 18.2 Å². The summed E-state index contributed by atoms with van der Waals surface area (Å²) < 4.78 is 11.0. The fourth-order valence-corrected chi connectivity index (χ4v) is 3.38. The molecule has 1 fully saturated rings. The lowest BCUT2D eigenvalue weighted by Crippen LogP contribution is -2.20. The van der Waals surface area contributed by atoms with Crippen molar-refractivity contribution in [3.8, 4) is 11.5 Å². The van der Waals surface area contributed by atoms with Gasteiger partial charge in [0.2, 0.25) is 0 Å². The Morgan fingerprint density at radius 1 is 1.24 bits per heavy atom. The van der Waals surface area contributed by atoms with Gasteiger partial charge in [-0.25, -0.2) is 4.79 Å². The normalized spacial score (nSPS) is 31.2. The van der Waals surface area contributed by atoms with Crippen LogP contribution in [0, 0.1) is 0 Å². The SMILES string of the molecule is C[C@@H]1C[C@H]2O[C@H]2CC/C=C/[C@H](O)Cc2c(Cl)c(O)cc(O)c2C(=O)O1. The number of ether oxygens (including phenoxy) is 2. The van der Waals surface area contributed by atoms with E-state index in [0.717, 1.165) is 18.9 Å². The highest BCUT2D eigenvalue weighted by atomic mass is 35.5. The maximum Gasteiger partial charge on any atom is 0.342 e. The average molecular weight is 369 g/mol. The number of epoxide rings is 1. The van der Waals surface area contributed by atoms with E-state index in [2.05, 4.69) is 0 Å². The molecule has 1 saturated heterocycles. The second-order valence-electron chi connectivity index (χ2n) is 6.52. The van der Waals surface area contributed by atoms with E-state index in [1.807, 2.05) is 6.08 Å². The number of cyclic esters (lactones) is 1. The summed E-state index contributed by atoms with van der Waals surface area (Å²) in [6, 6.07) is 0.998. The first-order chi connectivity index (χ1) is 11.9. The summed E-state index contributed by atoms with van der Waals surface area (Å²) in [5.74, 6) is -1.53. The second kappa shape index (κ2) is 7.23. The Kier molecular flexibility index (Phi) is 5.22. The Morgan fingerprint density at radius 3 is 2.76 bits per heavy atom. The lowest BCUT2D eigenvalue weighted by molar-refractivity contribution is 0.0305. The van der Waals surface area contributed by atoms with Crippen molar-refractivity contribution < 1.29 is 29.6 Å². The van der Waals surface area contributed by atoms with Gasteiger partial charge >= 0.3 is 5.97 Å². The number of hydrogen-bond acceptors (Lipinski definition) is 6. The number of allylic oxidation sites excluding steroid dienone is 1. The fourth-order valence-electron chi connectivity index (χ4n) is 3.15. The highest BCUT2D eigenvalue weighted by molar-refractivity contribution is 6.33. The third-order valence-electron chi connectivity index (χ3n) is 4.47. The van der Waals surface area contributed by atoms with Gasteiger partial charge in [-0.05, 0) is 25.3 Å². The van der Waals surface area contributed by atoms with Crippen molar-refractivity contribution in [2.24, 2.45) is 0 Å². The quantitative estimate of drug-likeness (QED) is 0.370. The molecule has 0 saturated carbocycles. The van der Waals surface area contributed by atoms with Crippen LogP contribution in [0.5, 0.6) is 11.5 Å². The van der Waals surface area contributed by atoms with Crippen LogP contribution in [0.3, 0.4) is 0 Å². The molecular weight excluding hydrogens is 348 g/mol. The van der Waals surface area contributed by atoms with E-state index < -0.39 is 23.9 Å². The van der Waals surface area contributed by atoms with E-state index in [9.17, 15) is 20.1 Å². The number of rotatable bonds is 0. The molecule has 6 nitrogen and oxygen atoms in total. The highest BCUT2D eigenvalue weighted by Gasteiger charge is 2.39. The van der Waals surface area contributed by atoms with Crippen LogP contribution < -0.4 is 0 Å². The van der Waals surface area contributed by atoms with Gasteiger partial charge in [0, 0.05) is 18.9 Å². The minimum atomic E-state index is -0.915. The maximum atomic E-state index is 12.5. The van der Waals surface area contributed by atoms with E-state index in [4.69, 9.17) is 21.1 Å². The fraction of sp³-hybridized carbons (Fsp3) is 0.500. The first-order valence-corrected chi connectivity index (χ1v) is 8.69. The van der Waals surface area contributed by atoms with Gasteiger partial charge < -0.3 is 24.8 Å². The van der Waals surface area contributed by atoms with Gasteiger partial charge in [0.05, 0.1) is 23.3 Å². The van der Waals surface area contributed by atoms with Gasteiger partial charge in [0.25, 0.3) is 0 Å². The van der Waals surface area contributed by atoms with Crippen LogP contribution in [0.2, 0.25) is 5.02 Å². The standard InChI is InChI=1S/C18H21ClO6/c1-9-6-15-14(25-15)5-3-2-4-10(20)7-11-16(18(23)24-9)12(21)8-13(22)17(11)19/h2,4,8-10,14-15,20-22H,3,5-7H2,1H3/b4-2+/t9-,10+,14+,15-/m1/s1. The molecule has 7 heteroatoms. The lowest BCUT2D eigenvalue weighted by Gasteiger charge is -2.18. The van der Waals surface area contributed by atoms with Crippen molar-refractivity contribution in [1.82, 2.24) is 0 Å². The molecule has 2 aliphatic heterocycles. The van der Waals surface area contributed by atoms with Gasteiger partial charge in [0.1, 0.15) is 23.2 Å². The zero-order valence-corrected chi connectivity index (χ0v) is 14.6. The number of aromatic hydroxyl groups is 2. The number of phenolic OH excluding ortho intramolecular Hbond substituents is 2. The number of phenols is 2. The number of benzene rings is 1. The number of esters is 1. The topological polar surface area (TPSA) is 99.5 Å². The molecule has 0 spiro atoms. The Labute approximate surface area is 150 Å². The number of halogens is 1. The Bertz CT molecular complexity index is 701. The summed E-state index contributed by atoms with van der Waals surface area (Å²) in [4.78, 5) is 12.5. The van der Waals surface area contributed by atoms with Crippen LogP contribution in [0.1, 0.15) is 42.1 Å². The lowest BCUT2D eigenvalue weighted by atomic mass is 9.98. The third-order valence-corrected chi connectivity index (χ3v) is 4.90. The summed E-state index contributed by atoms with van der Waals surface area (Å²) in [6.45, 7) is 1.76. The monoisotopic (exact) mass is 368 g/mol. The maximum absolute atomic E-state index is 12.5. The molecule has 3 N–H and O–H groups in total. The molecule has 1 aromatic rings. The van der Waals surface area contributed by atoms with Crippen molar-refractivity contribution in [3.05, 3.63) is 34.4 Å². The van der Waals surface area contributed by atoms with Gasteiger partial charge in [-0.2, -0.15) is 0 Å². The third kappa shape index (κ3) is 4.08. The summed E-state index contributed by atoms with van der Waals surface area (Å²) in [6.07, 6.45) is 4.51. The van der Waals surface area contributed by atoms with Gasteiger partial charge in [-0.1, -0.05) is 23.8 Å². The van der Waals surface area contributed by atoms with Crippen molar-refractivity contribution in [3.63, 3.8) is 0 Å². The Balaban J connectivity index is 1.96. The molecular formula is C18H21ClO6.